The van der Waals surface area contributed by atoms with E-state index in [1.54, 1.807) is 0 Å². The van der Waals surface area contributed by atoms with Gasteiger partial charge in [0, 0.05) is 17.8 Å². The number of amides is 3. The number of aliphatic carboxylic acids is 1. The monoisotopic (exact) mass is 299 g/mol. The maximum absolute atomic E-state index is 12.1. The fourth-order valence-electron chi connectivity index (χ4n) is 1.53. The van der Waals surface area contributed by atoms with E-state index in [-0.39, 0.29) is 6.54 Å². The molecule has 8 heteroatoms. The summed E-state index contributed by atoms with van der Waals surface area (Å²) >= 11 is 5.74. The van der Waals surface area contributed by atoms with E-state index < -0.39 is 24.5 Å². The Morgan fingerprint density at radius 3 is 2.20 bits per heavy atom. The van der Waals surface area contributed by atoms with Gasteiger partial charge in [-0.3, -0.25) is 14.5 Å². The molecule has 20 heavy (non-hydrogen) atoms. The molecule has 0 aliphatic heterocycles. The number of nitrogens with zero attached hydrogens (tertiary/aromatic N) is 2. The summed E-state index contributed by atoms with van der Waals surface area (Å²) in [7, 11) is 1.36. The number of anilines is 1. The highest BCUT2D eigenvalue weighted by atomic mass is 35.5. The number of nitrogens with two attached hydrogens (primary N) is 1. The van der Waals surface area contributed by atoms with Gasteiger partial charge in [-0.25, -0.2) is 4.79 Å². The maximum atomic E-state index is 12.1. The Morgan fingerprint density at radius 2 is 1.75 bits per heavy atom. The number of hydrogen-bond donors (Lipinski definition) is 2. The van der Waals surface area contributed by atoms with E-state index in [0.717, 1.165) is 9.80 Å². The molecule has 0 saturated heterocycles. The Balaban J connectivity index is 2.99. The molecule has 0 radical (unpaired) electrons. The minimum absolute atomic E-state index is 0.303. The normalized spacial score (nSPS) is 9.90. The van der Waals surface area contributed by atoms with Crippen LogP contribution < -0.4 is 10.6 Å². The van der Waals surface area contributed by atoms with Gasteiger partial charge >= 0.3 is 12.0 Å². The molecule has 1 aromatic carbocycles. The van der Waals surface area contributed by atoms with Crippen molar-refractivity contribution in [2.24, 2.45) is 5.73 Å². The Kier molecular flexibility index (Phi) is 5.33. The average molecular weight is 300 g/mol. The number of halogens is 1. The van der Waals surface area contributed by atoms with Crippen molar-refractivity contribution < 1.29 is 19.5 Å². The van der Waals surface area contributed by atoms with Crippen molar-refractivity contribution >= 4 is 35.2 Å². The average Bonchev–Trinajstić information content (AvgIpc) is 2.35. The molecular weight excluding hydrogens is 286 g/mol. The SMILES string of the molecule is CN(CC(N)=O)C(=O)N(CC(=O)O)c1ccc(Cl)cc1. The molecule has 0 spiro atoms. The van der Waals surface area contributed by atoms with Gasteiger partial charge in [-0.2, -0.15) is 0 Å². The van der Waals surface area contributed by atoms with Crippen LogP contribution in [-0.4, -0.2) is 48.1 Å². The van der Waals surface area contributed by atoms with Gasteiger partial charge in [0.1, 0.15) is 13.1 Å². The number of carbonyl (C=O) groups excluding carboxylic acids is 2. The fraction of sp³-hybridized carbons (Fsp3) is 0.250. The van der Waals surface area contributed by atoms with Crippen molar-refractivity contribution in [1.29, 1.82) is 0 Å². The van der Waals surface area contributed by atoms with E-state index in [4.69, 9.17) is 22.4 Å². The lowest BCUT2D eigenvalue weighted by Crippen LogP contribution is -2.46. The van der Waals surface area contributed by atoms with Crippen LogP contribution in [0, 0.1) is 0 Å². The van der Waals surface area contributed by atoms with Gasteiger partial charge in [-0.15, -0.1) is 0 Å². The highest BCUT2D eigenvalue weighted by molar-refractivity contribution is 6.30. The number of hydrogen-bond acceptors (Lipinski definition) is 3. The highest BCUT2D eigenvalue weighted by Crippen LogP contribution is 2.19. The number of urea groups is 1. The predicted octanol–water partition coefficient (Wildman–Crippen LogP) is 0.768. The van der Waals surface area contributed by atoms with Crippen LogP contribution in [0.25, 0.3) is 0 Å². The van der Waals surface area contributed by atoms with Crippen LogP contribution in [0.15, 0.2) is 24.3 Å². The Hall–Kier alpha value is -2.28. The quantitative estimate of drug-likeness (QED) is 0.838. The van der Waals surface area contributed by atoms with Crippen molar-refractivity contribution in [3.8, 4) is 0 Å². The lowest BCUT2D eigenvalue weighted by atomic mass is 10.3. The zero-order valence-electron chi connectivity index (χ0n) is 10.7. The predicted molar refractivity (Wildman–Crippen MR) is 73.7 cm³/mol. The zero-order valence-corrected chi connectivity index (χ0v) is 11.5. The summed E-state index contributed by atoms with van der Waals surface area (Å²) in [5.41, 5.74) is 5.37. The van der Waals surface area contributed by atoms with Crippen molar-refractivity contribution in [1.82, 2.24) is 4.90 Å². The van der Waals surface area contributed by atoms with Gasteiger partial charge in [0.05, 0.1) is 0 Å². The number of carbonyl (C=O) groups is 3. The van der Waals surface area contributed by atoms with Crippen LogP contribution in [0.3, 0.4) is 0 Å². The van der Waals surface area contributed by atoms with Crippen molar-refractivity contribution in [3.63, 3.8) is 0 Å². The second-order valence-electron chi connectivity index (χ2n) is 4.06. The topological polar surface area (TPSA) is 104 Å². The molecule has 0 fully saturated rings. The number of likely N-dealkylation sites (N-methyl/N-ethyl adjacent to an activating group) is 1. The number of rotatable bonds is 5. The molecule has 108 valence electrons. The molecule has 0 aromatic heterocycles. The second kappa shape index (κ2) is 6.76. The largest absolute Gasteiger partial charge is 0.480 e. The second-order valence-corrected chi connectivity index (χ2v) is 4.50. The number of carboxylic acid groups (broad SMARTS) is 1. The molecule has 7 nitrogen and oxygen atoms in total. The molecule has 1 aromatic rings. The van der Waals surface area contributed by atoms with E-state index in [1.165, 1.54) is 31.3 Å². The van der Waals surface area contributed by atoms with Crippen LogP contribution in [0.5, 0.6) is 0 Å². The molecule has 0 aliphatic carbocycles. The van der Waals surface area contributed by atoms with Crippen LogP contribution in [0.1, 0.15) is 0 Å². The summed E-state index contributed by atoms with van der Waals surface area (Å²) in [6.45, 7) is -0.841. The highest BCUT2D eigenvalue weighted by Gasteiger charge is 2.23. The smallest absolute Gasteiger partial charge is 0.325 e. The maximum Gasteiger partial charge on any atom is 0.325 e. The molecule has 0 bridgehead atoms. The molecule has 1 rings (SSSR count). The van der Waals surface area contributed by atoms with E-state index in [0.29, 0.717) is 10.7 Å². The summed E-state index contributed by atoms with van der Waals surface area (Å²) in [5.74, 6) is -1.87. The molecule has 0 unspecified atom stereocenters. The van der Waals surface area contributed by atoms with Gasteiger partial charge < -0.3 is 15.7 Å². The summed E-state index contributed by atoms with van der Waals surface area (Å²) in [6, 6.07) is 5.46. The van der Waals surface area contributed by atoms with Crippen LogP contribution in [-0.2, 0) is 9.59 Å². The van der Waals surface area contributed by atoms with Gasteiger partial charge in [0.25, 0.3) is 0 Å². The first-order valence-corrected chi connectivity index (χ1v) is 5.97. The number of carboxylic acids is 1. The van der Waals surface area contributed by atoms with Crippen molar-refractivity contribution in [2.45, 2.75) is 0 Å². The van der Waals surface area contributed by atoms with Gasteiger partial charge in [-0.05, 0) is 24.3 Å². The van der Waals surface area contributed by atoms with E-state index >= 15 is 0 Å². The lowest BCUT2D eigenvalue weighted by Gasteiger charge is -2.26. The van der Waals surface area contributed by atoms with Crippen LogP contribution >= 0.6 is 11.6 Å². The number of primary amides is 1. The van der Waals surface area contributed by atoms with Crippen molar-refractivity contribution in [3.05, 3.63) is 29.3 Å². The summed E-state index contributed by atoms with van der Waals surface area (Å²) < 4.78 is 0. The van der Waals surface area contributed by atoms with E-state index in [1.807, 2.05) is 0 Å². The van der Waals surface area contributed by atoms with Gasteiger partial charge in [0.15, 0.2) is 0 Å². The minimum atomic E-state index is -1.18. The third-order valence-corrected chi connectivity index (χ3v) is 2.63. The third kappa shape index (κ3) is 4.43. The lowest BCUT2D eigenvalue weighted by molar-refractivity contribution is -0.135. The summed E-state index contributed by atoms with van der Waals surface area (Å²) in [6.07, 6.45) is 0. The first-order chi connectivity index (χ1) is 9.31. The molecule has 3 amide bonds. The molecule has 0 aliphatic rings. The summed E-state index contributed by atoms with van der Waals surface area (Å²) in [5, 5.41) is 9.34. The van der Waals surface area contributed by atoms with Crippen LogP contribution in [0.2, 0.25) is 5.02 Å². The van der Waals surface area contributed by atoms with E-state index in [2.05, 4.69) is 0 Å². The van der Waals surface area contributed by atoms with Gasteiger partial charge in [-0.1, -0.05) is 11.6 Å². The Morgan fingerprint density at radius 1 is 1.20 bits per heavy atom. The standard InChI is InChI=1S/C12H14ClN3O4/c1-15(6-10(14)17)12(20)16(7-11(18)19)9-4-2-8(13)3-5-9/h2-5H,6-7H2,1H3,(H2,14,17)(H,18,19). The minimum Gasteiger partial charge on any atom is -0.480 e. The van der Waals surface area contributed by atoms with E-state index in [9.17, 15) is 14.4 Å². The summed E-state index contributed by atoms with van der Waals surface area (Å²) in [4.78, 5) is 35.9. The molecule has 0 heterocycles. The van der Waals surface area contributed by atoms with Crippen molar-refractivity contribution in [2.75, 3.05) is 25.0 Å². The zero-order chi connectivity index (χ0) is 15.3. The van der Waals surface area contributed by atoms with Crippen LogP contribution in [0.4, 0.5) is 10.5 Å². The third-order valence-electron chi connectivity index (χ3n) is 2.38. The van der Waals surface area contributed by atoms with Gasteiger partial charge in [0.2, 0.25) is 5.91 Å². The Labute approximate surface area is 120 Å². The fourth-order valence-corrected chi connectivity index (χ4v) is 1.66. The molecular formula is C12H14ClN3O4. The Bertz CT molecular complexity index is 518. The number of benzene rings is 1. The molecule has 0 saturated carbocycles. The first kappa shape index (κ1) is 15.8. The first-order valence-electron chi connectivity index (χ1n) is 5.59. The molecule has 0 atom stereocenters. The molecule has 3 N–H and O–H groups in total.